The van der Waals surface area contributed by atoms with Gasteiger partial charge in [-0.05, 0) is 60.2 Å². The van der Waals surface area contributed by atoms with Crippen LogP contribution in [0.4, 0.5) is 14.5 Å². The summed E-state index contributed by atoms with van der Waals surface area (Å²) in [6.45, 7) is 0.470. The number of benzene rings is 3. The number of hydrogen-bond donors (Lipinski definition) is 2. The summed E-state index contributed by atoms with van der Waals surface area (Å²) < 4.78 is 38.2. The molecule has 1 heterocycles. The van der Waals surface area contributed by atoms with Gasteiger partial charge in [-0.3, -0.25) is 10.1 Å². The molecule has 0 atom stereocenters. The first-order valence-electron chi connectivity index (χ1n) is 10.4. The summed E-state index contributed by atoms with van der Waals surface area (Å²) in [7, 11) is 0. The van der Waals surface area contributed by atoms with Gasteiger partial charge in [0.25, 0.3) is 5.91 Å². The van der Waals surface area contributed by atoms with Gasteiger partial charge in [0.2, 0.25) is 5.88 Å². The number of carbonyl (C=O) groups excluding carboxylic acids is 1. The van der Waals surface area contributed by atoms with E-state index in [1.807, 2.05) is 30.3 Å². The summed E-state index contributed by atoms with van der Waals surface area (Å²) in [5.41, 5.74) is 1.23. The first-order valence-corrected chi connectivity index (χ1v) is 10.9. The minimum Gasteiger partial charge on any atom is -0.489 e. The number of carbonyl (C=O) groups is 1. The molecule has 0 saturated heterocycles. The molecule has 35 heavy (non-hydrogen) atoms. The molecule has 2 N–H and O–H groups in total. The van der Waals surface area contributed by atoms with Gasteiger partial charge in [0, 0.05) is 12.1 Å². The molecule has 0 aliphatic rings. The van der Waals surface area contributed by atoms with Crippen molar-refractivity contribution in [1.29, 1.82) is 0 Å². The van der Waals surface area contributed by atoms with Crippen LogP contribution in [0, 0.1) is 11.6 Å². The second-order valence-corrected chi connectivity index (χ2v) is 7.67. The Balaban J connectivity index is 1.27. The maximum absolute atomic E-state index is 13.7. The van der Waals surface area contributed by atoms with E-state index >= 15 is 0 Å². The summed E-state index contributed by atoms with van der Waals surface area (Å²) >= 11 is 5.07. The number of anilines is 1. The fraction of sp³-hybridized carbons (Fsp3) is 0.0385. The number of rotatable bonds is 7. The molecule has 1 aromatic heterocycles. The number of nitrogens with zero attached hydrogens (tertiary/aromatic N) is 1. The largest absolute Gasteiger partial charge is 0.489 e. The normalized spacial score (nSPS) is 10.3. The monoisotopic (exact) mass is 491 g/mol. The Bertz CT molecular complexity index is 1320. The average Bonchev–Trinajstić information content (AvgIpc) is 2.85. The fourth-order valence-corrected chi connectivity index (χ4v) is 3.20. The molecule has 0 unspecified atom stereocenters. The summed E-state index contributed by atoms with van der Waals surface area (Å²) in [4.78, 5) is 16.3. The average molecular weight is 492 g/mol. The van der Waals surface area contributed by atoms with Gasteiger partial charge >= 0.3 is 0 Å². The van der Waals surface area contributed by atoms with E-state index in [1.54, 1.807) is 36.4 Å². The Hall–Kier alpha value is -4.37. The zero-order valence-corrected chi connectivity index (χ0v) is 19.0. The molecule has 0 bridgehead atoms. The van der Waals surface area contributed by atoms with Crippen LogP contribution in [0.15, 0.2) is 91.1 Å². The highest BCUT2D eigenvalue weighted by molar-refractivity contribution is 7.80. The molecule has 0 fully saturated rings. The Labute approximate surface area is 205 Å². The molecule has 0 aliphatic heterocycles. The maximum Gasteiger partial charge on any atom is 0.260 e. The lowest BCUT2D eigenvalue weighted by atomic mass is 10.2. The lowest BCUT2D eigenvalue weighted by Gasteiger charge is -2.11. The van der Waals surface area contributed by atoms with Gasteiger partial charge in [-0.15, -0.1) is 0 Å². The maximum atomic E-state index is 13.7. The lowest BCUT2D eigenvalue weighted by Crippen LogP contribution is -2.34. The van der Waals surface area contributed by atoms with Crippen molar-refractivity contribution in [3.63, 3.8) is 0 Å². The van der Waals surface area contributed by atoms with Crippen molar-refractivity contribution in [3.8, 4) is 17.4 Å². The molecule has 0 aliphatic carbocycles. The predicted octanol–water partition coefficient (Wildman–Crippen LogP) is 5.86. The molecule has 3 aromatic carbocycles. The second kappa shape index (κ2) is 11.2. The minimum atomic E-state index is -0.982. The van der Waals surface area contributed by atoms with Crippen molar-refractivity contribution in [1.82, 2.24) is 10.3 Å². The van der Waals surface area contributed by atoms with Crippen LogP contribution in [0.25, 0.3) is 0 Å². The number of ether oxygens (including phenoxy) is 2. The van der Waals surface area contributed by atoms with E-state index in [9.17, 15) is 13.6 Å². The van der Waals surface area contributed by atoms with Gasteiger partial charge in [-0.2, -0.15) is 0 Å². The molecule has 4 aromatic rings. The van der Waals surface area contributed by atoms with Crippen molar-refractivity contribution < 1.29 is 23.0 Å². The van der Waals surface area contributed by atoms with Crippen molar-refractivity contribution in [2.24, 2.45) is 0 Å². The number of pyridine rings is 1. The fourth-order valence-electron chi connectivity index (χ4n) is 2.99. The number of nitrogens with one attached hydrogen (secondary N) is 2. The molecule has 1 amide bonds. The molecule has 0 spiro atoms. The van der Waals surface area contributed by atoms with Gasteiger partial charge in [-0.25, -0.2) is 13.8 Å². The molecule has 176 valence electrons. The zero-order valence-electron chi connectivity index (χ0n) is 18.2. The van der Waals surface area contributed by atoms with E-state index in [-0.39, 0.29) is 10.7 Å². The van der Waals surface area contributed by atoms with Crippen molar-refractivity contribution in [2.45, 2.75) is 6.61 Å². The lowest BCUT2D eigenvalue weighted by molar-refractivity contribution is 0.0973. The number of aromatic nitrogens is 1. The number of halogens is 2. The first kappa shape index (κ1) is 23.8. The van der Waals surface area contributed by atoms with E-state index in [2.05, 4.69) is 15.6 Å². The molecule has 0 saturated carbocycles. The van der Waals surface area contributed by atoms with Gasteiger partial charge < -0.3 is 14.8 Å². The van der Waals surface area contributed by atoms with Gasteiger partial charge in [-0.1, -0.05) is 30.3 Å². The van der Waals surface area contributed by atoms with Gasteiger partial charge in [0.15, 0.2) is 5.11 Å². The Morgan fingerprint density at radius 1 is 0.914 bits per heavy atom. The topological polar surface area (TPSA) is 72.5 Å². The predicted molar refractivity (Wildman–Crippen MR) is 132 cm³/mol. The van der Waals surface area contributed by atoms with E-state index in [0.717, 1.165) is 17.7 Å². The van der Waals surface area contributed by atoms with Crippen LogP contribution in [-0.2, 0) is 6.61 Å². The third-order valence-electron chi connectivity index (χ3n) is 4.69. The van der Waals surface area contributed by atoms with Gasteiger partial charge in [0.05, 0.1) is 17.4 Å². The van der Waals surface area contributed by atoms with E-state index in [4.69, 9.17) is 21.7 Å². The highest BCUT2D eigenvalue weighted by Crippen LogP contribution is 2.24. The molecule has 4 rings (SSSR count). The van der Waals surface area contributed by atoms with Crippen LogP contribution in [0.3, 0.4) is 0 Å². The van der Waals surface area contributed by atoms with Crippen LogP contribution in [-0.4, -0.2) is 16.0 Å². The van der Waals surface area contributed by atoms with Crippen LogP contribution in [0.1, 0.15) is 15.9 Å². The second-order valence-electron chi connectivity index (χ2n) is 7.27. The Kier molecular flexibility index (Phi) is 7.59. The van der Waals surface area contributed by atoms with Crippen LogP contribution >= 0.6 is 12.2 Å². The first-order chi connectivity index (χ1) is 17.0. The van der Waals surface area contributed by atoms with E-state index < -0.39 is 17.5 Å². The smallest absolute Gasteiger partial charge is 0.260 e. The van der Waals surface area contributed by atoms with Crippen LogP contribution < -0.4 is 20.1 Å². The molecule has 6 nitrogen and oxygen atoms in total. The molecular formula is C26H19F2N3O3S. The number of hydrogen-bond acceptors (Lipinski definition) is 5. The molecular weight excluding hydrogens is 472 g/mol. The summed E-state index contributed by atoms with van der Waals surface area (Å²) in [5, 5.41) is 5.03. The SMILES string of the molecule is O=C(NC(=S)Nc1ccc(Oc2ccc(OCc3ccccc3)cc2)nc1)c1ccc(F)cc1F. The van der Waals surface area contributed by atoms with E-state index in [1.165, 1.54) is 6.20 Å². The Morgan fingerprint density at radius 3 is 2.34 bits per heavy atom. The summed E-state index contributed by atoms with van der Waals surface area (Å²) in [6.07, 6.45) is 1.46. The van der Waals surface area contributed by atoms with Crippen LogP contribution in [0.2, 0.25) is 0 Å². The molecule has 0 radical (unpaired) electrons. The standard InChI is InChI=1S/C26H19F2N3O3S/c27-18-6-12-22(23(28)14-18)25(32)31-26(35)30-19-7-13-24(29-15-19)34-21-10-8-20(9-11-21)33-16-17-4-2-1-3-5-17/h1-15H,16H2,(H2,30,31,32,35). The number of amides is 1. The van der Waals surface area contributed by atoms with Crippen molar-refractivity contribution in [3.05, 3.63) is 114 Å². The van der Waals surface area contributed by atoms with Gasteiger partial charge in [0.1, 0.15) is 29.7 Å². The minimum absolute atomic E-state index is 0.0692. The number of thiocarbonyl (C=S) groups is 1. The van der Waals surface area contributed by atoms with Crippen molar-refractivity contribution >= 4 is 28.9 Å². The van der Waals surface area contributed by atoms with Crippen molar-refractivity contribution in [2.75, 3.05) is 5.32 Å². The summed E-state index contributed by atoms with van der Waals surface area (Å²) in [6, 6.07) is 22.9. The quantitative estimate of drug-likeness (QED) is 0.316. The molecule has 9 heteroatoms. The third-order valence-corrected chi connectivity index (χ3v) is 4.90. The highest BCUT2D eigenvalue weighted by Gasteiger charge is 2.14. The highest BCUT2D eigenvalue weighted by atomic mass is 32.1. The van der Waals surface area contributed by atoms with E-state index in [0.29, 0.717) is 35.7 Å². The summed E-state index contributed by atoms with van der Waals surface area (Å²) in [5.74, 6) is -0.926. The Morgan fingerprint density at radius 2 is 1.66 bits per heavy atom. The zero-order chi connectivity index (χ0) is 24.6. The van der Waals surface area contributed by atoms with Crippen LogP contribution in [0.5, 0.6) is 17.4 Å². The third kappa shape index (κ3) is 6.81.